The minimum Gasteiger partial charge on any atom is -0.492 e. The predicted octanol–water partition coefficient (Wildman–Crippen LogP) is 4.46. The first kappa shape index (κ1) is 24.2. The van der Waals surface area contributed by atoms with E-state index in [0.717, 1.165) is 50.6 Å². The van der Waals surface area contributed by atoms with Gasteiger partial charge in [-0.3, -0.25) is 4.90 Å². The van der Waals surface area contributed by atoms with Crippen LogP contribution >= 0.6 is 0 Å². The van der Waals surface area contributed by atoms with E-state index in [9.17, 15) is 9.50 Å². The first-order valence-electron chi connectivity index (χ1n) is 12.1. The molecule has 2 heterocycles. The van der Waals surface area contributed by atoms with Crippen molar-refractivity contribution in [2.24, 2.45) is 0 Å². The van der Waals surface area contributed by atoms with Crippen molar-refractivity contribution in [1.29, 1.82) is 0 Å². The summed E-state index contributed by atoms with van der Waals surface area (Å²) in [6, 6.07) is 14.5. The van der Waals surface area contributed by atoms with Gasteiger partial charge in [0.25, 0.3) is 0 Å². The molecule has 3 aromatic rings. The van der Waals surface area contributed by atoms with Gasteiger partial charge in [0.05, 0.1) is 12.1 Å². The third-order valence-electron chi connectivity index (χ3n) is 6.37. The molecule has 1 atom stereocenters. The van der Waals surface area contributed by atoms with Crippen molar-refractivity contribution >= 4 is 0 Å². The van der Waals surface area contributed by atoms with E-state index in [0.29, 0.717) is 19.4 Å². The summed E-state index contributed by atoms with van der Waals surface area (Å²) in [7, 11) is 0. The van der Waals surface area contributed by atoms with E-state index in [1.54, 1.807) is 18.2 Å². The predicted molar refractivity (Wildman–Crippen MR) is 130 cm³/mol. The molecule has 2 aromatic carbocycles. The first-order valence-corrected chi connectivity index (χ1v) is 12.1. The number of likely N-dealkylation sites (tertiary alicyclic amines) is 1. The summed E-state index contributed by atoms with van der Waals surface area (Å²) in [6.45, 7) is 6.00. The number of nitrogens with zero attached hydrogens (tertiary/aromatic N) is 3. The Morgan fingerprint density at radius 3 is 2.82 bits per heavy atom. The van der Waals surface area contributed by atoms with Crippen molar-refractivity contribution < 1.29 is 19.0 Å². The molecule has 0 aliphatic carbocycles. The Balaban J connectivity index is 1.26. The van der Waals surface area contributed by atoms with Crippen molar-refractivity contribution in [1.82, 2.24) is 14.5 Å². The van der Waals surface area contributed by atoms with E-state index < -0.39 is 11.4 Å². The van der Waals surface area contributed by atoms with Crippen LogP contribution in [0.2, 0.25) is 0 Å². The lowest BCUT2D eigenvalue weighted by Crippen LogP contribution is -2.37. The molecule has 0 radical (unpaired) electrons. The number of para-hydroxylation sites is 1. The van der Waals surface area contributed by atoms with Crippen LogP contribution in [0.1, 0.15) is 37.6 Å². The van der Waals surface area contributed by atoms with Crippen LogP contribution in [0, 0.1) is 5.82 Å². The molecule has 1 saturated heterocycles. The molecule has 0 saturated carbocycles. The second kappa shape index (κ2) is 11.5. The Hall–Kier alpha value is -2.90. The van der Waals surface area contributed by atoms with Crippen molar-refractivity contribution in [2.45, 2.75) is 51.3 Å². The number of imidazole rings is 1. The van der Waals surface area contributed by atoms with Gasteiger partial charge in [0, 0.05) is 31.9 Å². The minimum atomic E-state index is -0.952. The van der Waals surface area contributed by atoms with E-state index >= 15 is 0 Å². The van der Waals surface area contributed by atoms with Crippen LogP contribution in [-0.4, -0.2) is 51.5 Å². The second-order valence-electron chi connectivity index (χ2n) is 8.96. The standard InChI is InChI=1S/C27H34FN3O3/c1-2-26-29-13-16-31(26)17-18-33-23-8-5-7-22(19-23)20-30-14-6-11-27(32,12-15-30)21-34-25-10-4-3-9-24(25)28/h3-5,7-10,13,16,19,32H,2,6,11-12,14-15,17-18,20-21H2,1H3/t27-/m1/s1. The maximum absolute atomic E-state index is 13.8. The van der Waals surface area contributed by atoms with Crippen LogP contribution in [0.25, 0.3) is 0 Å². The smallest absolute Gasteiger partial charge is 0.165 e. The van der Waals surface area contributed by atoms with Crippen LogP contribution in [0.5, 0.6) is 11.5 Å². The highest BCUT2D eigenvalue weighted by Gasteiger charge is 2.31. The molecular formula is C27H34FN3O3. The lowest BCUT2D eigenvalue weighted by Gasteiger charge is -2.27. The van der Waals surface area contributed by atoms with Crippen LogP contribution in [0.15, 0.2) is 60.9 Å². The van der Waals surface area contributed by atoms with Gasteiger partial charge in [-0.1, -0.05) is 31.2 Å². The highest BCUT2D eigenvalue weighted by Crippen LogP contribution is 2.26. The SMILES string of the molecule is CCc1nccn1CCOc1cccc(CN2CCC[C@](O)(COc3ccccc3F)CC2)c1. The number of ether oxygens (including phenoxy) is 2. The largest absolute Gasteiger partial charge is 0.492 e. The molecule has 0 spiro atoms. The number of aryl methyl sites for hydroxylation is 1. The lowest BCUT2D eigenvalue weighted by atomic mass is 9.96. The number of halogens is 1. The van der Waals surface area contributed by atoms with E-state index in [1.807, 2.05) is 24.5 Å². The van der Waals surface area contributed by atoms with E-state index in [-0.39, 0.29) is 12.4 Å². The summed E-state index contributed by atoms with van der Waals surface area (Å²) in [4.78, 5) is 6.69. The van der Waals surface area contributed by atoms with Crippen molar-refractivity contribution in [3.63, 3.8) is 0 Å². The average molecular weight is 468 g/mol. The van der Waals surface area contributed by atoms with Gasteiger partial charge in [-0.15, -0.1) is 0 Å². The monoisotopic (exact) mass is 467 g/mol. The number of rotatable bonds is 10. The zero-order valence-electron chi connectivity index (χ0n) is 19.8. The molecule has 34 heavy (non-hydrogen) atoms. The number of aromatic nitrogens is 2. The summed E-state index contributed by atoms with van der Waals surface area (Å²) in [5.74, 6) is 1.71. The molecule has 1 aliphatic rings. The summed E-state index contributed by atoms with van der Waals surface area (Å²) in [5.41, 5.74) is 0.231. The van der Waals surface area contributed by atoms with Gasteiger partial charge in [0.2, 0.25) is 0 Å². The van der Waals surface area contributed by atoms with E-state index in [2.05, 4.69) is 33.5 Å². The Kier molecular flexibility index (Phi) is 8.19. The average Bonchev–Trinajstić information content (AvgIpc) is 3.22. The third kappa shape index (κ3) is 6.58. The molecule has 0 bridgehead atoms. The quantitative estimate of drug-likeness (QED) is 0.477. The highest BCUT2D eigenvalue weighted by atomic mass is 19.1. The minimum absolute atomic E-state index is 0.0990. The molecule has 1 N–H and O–H groups in total. The van der Waals surface area contributed by atoms with Crippen molar-refractivity contribution in [3.8, 4) is 11.5 Å². The fourth-order valence-electron chi connectivity index (χ4n) is 4.42. The first-order chi connectivity index (χ1) is 16.5. The summed E-state index contributed by atoms with van der Waals surface area (Å²) in [5, 5.41) is 11.0. The third-order valence-corrected chi connectivity index (χ3v) is 6.37. The second-order valence-corrected chi connectivity index (χ2v) is 8.96. The molecule has 1 aromatic heterocycles. The fraction of sp³-hybridized carbons (Fsp3) is 0.444. The van der Waals surface area contributed by atoms with Gasteiger partial charge < -0.3 is 19.1 Å². The number of hydrogen-bond acceptors (Lipinski definition) is 5. The maximum Gasteiger partial charge on any atom is 0.165 e. The molecular weight excluding hydrogens is 433 g/mol. The molecule has 0 unspecified atom stereocenters. The maximum atomic E-state index is 13.8. The molecule has 4 rings (SSSR count). The molecule has 1 aliphatic heterocycles. The lowest BCUT2D eigenvalue weighted by molar-refractivity contribution is -0.0177. The molecule has 1 fully saturated rings. The molecule has 7 heteroatoms. The summed E-state index contributed by atoms with van der Waals surface area (Å²) < 4.78 is 27.6. The summed E-state index contributed by atoms with van der Waals surface area (Å²) in [6.07, 6.45) is 6.80. The Bertz CT molecular complexity index is 1060. The van der Waals surface area contributed by atoms with Crippen LogP contribution in [0.3, 0.4) is 0 Å². The van der Waals surface area contributed by atoms with Gasteiger partial charge in [-0.25, -0.2) is 9.37 Å². The Morgan fingerprint density at radius 1 is 1.09 bits per heavy atom. The van der Waals surface area contributed by atoms with Crippen molar-refractivity contribution in [3.05, 3.63) is 78.1 Å². The van der Waals surface area contributed by atoms with Gasteiger partial charge in [-0.05, 0) is 55.6 Å². The summed E-state index contributed by atoms with van der Waals surface area (Å²) >= 11 is 0. The van der Waals surface area contributed by atoms with Crippen LogP contribution in [0.4, 0.5) is 4.39 Å². The number of benzene rings is 2. The zero-order valence-corrected chi connectivity index (χ0v) is 19.8. The molecule has 182 valence electrons. The molecule has 6 nitrogen and oxygen atoms in total. The van der Waals surface area contributed by atoms with Crippen LogP contribution < -0.4 is 9.47 Å². The fourth-order valence-corrected chi connectivity index (χ4v) is 4.42. The number of hydrogen-bond donors (Lipinski definition) is 1. The Morgan fingerprint density at radius 2 is 1.97 bits per heavy atom. The normalized spacial score (nSPS) is 19.0. The van der Waals surface area contributed by atoms with Crippen LogP contribution in [-0.2, 0) is 19.5 Å². The van der Waals surface area contributed by atoms with Gasteiger partial charge in [-0.2, -0.15) is 0 Å². The Labute approximate surface area is 201 Å². The topological polar surface area (TPSA) is 59.8 Å². The molecule has 0 amide bonds. The van der Waals surface area contributed by atoms with E-state index in [4.69, 9.17) is 9.47 Å². The van der Waals surface area contributed by atoms with E-state index in [1.165, 1.54) is 11.6 Å². The van der Waals surface area contributed by atoms with Gasteiger partial charge in [0.15, 0.2) is 11.6 Å². The van der Waals surface area contributed by atoms with Gasteiger partial charge >= 0.3 is 0 Å². The zero-order chi connectivity index (χ0) is 23.8. The van der Waals surface area contributed by atoms with Gasteiger partial charge in [0.1, 0.15) is 24.8 Å². The van der Waals surface area contributed by atoms with Crippen molar-refractivity contribution in [2.75, 3.05) is 26.3 Å². The number of aliphatic hydroxyl groups is 1. The highest BCUT2D eigenvalue weighted by molar-refractivity contribution is 5.28.